The third-order valence-corrected chi connectivity index (χ3v) is 6.05. The smallest absolute Gasteiger partial charge is 0.0889 e. The predicted molar refractivity (Wildman–Crippen MR) is 139 cm³/mol. The first-order valence-corrected chi connectivity index (χ1v) is 11.0. The van der Waals surface area contributed by atoms with Crippen LogP contribution in [0.2, 0.25) is 0 Å². The van der Waals surface area contributed by atoms with E-state index in [1.165, 1.54) is 48.4 Å². The summed E-state index contributed by atoms with van der Waals surface area (Å²) in [5, 5.41) is 4.76. The molecule has 6 rings (SSSR count). The van der Waals surface area contributed by atoms with Crippen molar-refractivity contribution < 1.29 is 10.6 Å². The number of rotatable bonds is 0. The Morgan fingerprint density at radius 3 is 0.909 bits per heavy atom. The summed E-state index contributed by atoms with van der Waals surface area (Å²) >= 11 is 0. The average Bonchev–Trinajstić information content (AvgIpc) is 3.16. The van der Waals surface area contributed by atoms with Gasteiger partial charge in [0, 0.05) is 50.5 Å². The highest BCUT2D eigenvalue weighted by atomic mass is 35.5. The molecule has 0 spiro atoms. The lowest BCUT2D eigenvalue weighted by molar-refractivity contribution is -0.652. The molecule has 176 valence electrons. The monoisotopic (exact) mass is 508 g/mol. The molecule has 2 aromatic heterocycles. The highest BCUT2D eigenvalue weighted by Crippen LogP contribution is 2.19. The lowest BCUT2D eigenvalue weighted by Gasteiger charge is -2.04. The largest absolute Gasteiger partial charge is 0.346 e. The van der Waals surface area contributed by atoms with Crippen LogP contribution in [0.5, 0.6) is 0 Å². The quantitative estimate of drug-likeness (QED) is 0.379. The van der Waals surface area contributed by atoms with Crippen molar-refractivity contribution in [2.45, 2.75) is 25.7 Å². The number of quaternary nitrogens is 2. The van der Waals surface area contributed by atoms with E-state index in [0.29, 0.717) is 0 Å². The standard InChI is InChI=1S/2C12H13N3.3ClH/c2*1-3-13-4-2-10-8-12-11(7-9(1)10)14-5-6-15-12;;;/h2*5-8,13H,1-4H2;3*1H/p+2. The summed E-state index contributed by atoms with van der Waals surface area (Å²) in [4.78, 5) is 17.4. The Hall–Kier alpha value is -2.09. The van der Waals surface area contributed by atoms with Gasteiger partial charge >= 0.3 is 0 Å². The molecule has 9 heteroatoms. The summed E-state index contributed by atoms with van der Waals surface area (Å²) in [6, 6.07) is 8.82. The van der Waals surface area contributed by atoms with Gasteiger partial charge in [-0.05, 0) is 46.5 Å². The van der Waals surface area contributed by atoms with Gasteiger partial charge in [-0.3, -0.25) is 19.9 Å². The molecular weight excluding hydrogens is 479 g/mol. The van der Waals surface area contributed by atoms with Crippen molar-refractivity contribution in [2.75, 3.05) is 26.2 Å². The topological polar surface area (TPSA) is 84.8 Å². The molecule has 2 aromatic carbocycles. The minimum atomic E-state index is 0. The highest BCUT2D eigenvalue weighted by molar-refractivity contribution is 5.86. The number of nitrogens with zero attached hydrogens (tertiary/aromatic N) is 4. The first-order valence-electron chi connectivity index (χ1n) is 11.0. The van der Waals surface area contributed by atoms with Crippen LogP contribution < -0.4 is 10.6 Å². The summed E-state index contributed by atoms with van der Waals surface area (Å²) in [6.07, 6.45) is 11.7. The lowest BCUT2D eigenvalue weighted by atomic mass is 10.0. The van der Waals surface area contributed by atoms with Gasteiger partial charge in [-0.15, -0.1) is 37.2 Å². The minimum Gasteiger partial charge on any atom is -0.346 e. The Kier molecular flexibility index (Phi) is 10.7. The van der Waals surface area contributed by atoms with Gasteiger partial charge in [0.25, 0.3) is 0 Å². The molecule has 4 N–H and O–H groups in total. The van der Waals surface area contributed by atoms with Crippen molar-refractivity contribution >= 4 is 59.3 Å². The third kappa shape index (κ3) is 6.49. The zero-order chi connectivity index (χ0) is 20.2. The summed E-state index contributed by atoms with van der Waals surface area (Å²) in [5.74, 6) is 0. The molecule has 0 saturated heterocycles. The number of halogens is 3. The van der Waals surface area contributed by atoms with Crippen molar-refractivity contribution in [3.63, 3.8) is 0 Å². The fourth-order valence-corrected chi connectivity index (χ4v) is 4.44. The maximum Gasteiger partial charge on any atom is 0.0889 e. The lowest BCUT2D eigenvalue weighted by Crippen LogP contribution is -2.84. The summed E-state index contributed by atoms with van der Waals surface area (Å²) in [6.45, 7) is 4.77. The Morgan fingerprint density at radius 2 is 0.667 bits per heavy atom. The van der Waals surface area contributed by atoms with Crippen molar-refractivity contribution in [1.29, 1.82) is 0 Å². The molecule has 0 aliphatic carbocycles. The van der Waals surface area contributed by atoms with Gasteiger partial charge in [0.15, 0.2) is 0 Å². The molecule has 2 aliphatic heterocycles. The van der Waals surface area contributed by atoms with Gasteiger partial charge in [0.05, 0.1) is 48.2 Å². The molecule has 4 heterocycles. The van der Waals surface area contributed by atoms with Crippen molar-refractivity contribution in [3.8, 4) is 0 Å². The molecule has 4 aromatic rings. The minimum absolute atomic E-state index is 0. The Labute approximate surface area is 212 Å². The number of hydrogen-bond acceptors (Lipinski definition) is 4. The normalized spacial score (nSPS) is 14.5. The SMILES string of the molecule is Cl.Cl.Cl.c1cnc2cc3c(cc2n1)CC[NH2+]CC3.c1cnc2cc3c(cc2n1)CC[NH2+]CC3. The van der Waals surface area contributed by atoms with E-state index in [1.807, 2.05) is 0 Å². The Bertz CT molecular complexity index is 1010. The van der Waals surface area contributed by atoms with Gasteiger partial charge in [-0.25, -0.2) is 0 Å². The van der Waals surface area contributed by atoms with Crippen LogP contribution >= 0.6 is 37.2 Å². The zero-order valence-corrected chi connectivity index (χ0v) is 20.9. The molecule has 0 radical (unpaired) electrons. The number of fused-ring (bicyclic) bond motifs is 4. The van der Waals surface area contributed by atoms with E-state index in [9.17, 15) is 0 Å². The zero-order valence-electron chi connectivity index (χ0n) is 18.4. The van der Waals surface area contributed by atoms with Crippen LogP contribution in [0.1, 0.15) is 22.3 Å². The molecule has 0 amide bonds. The van der Waals surface area contributed by atoms with Crippen LogP contribution in [0.4, 0.5) is 0 Å². The second-order valence-electron chi connectivity index (χ2n) is 8.06. The maximum atomic E-state index is 4.35. The van der Waals surface area contributed by atoms with Crippen LogP contribution in [0, 0.1) is 0 Å². The second-order valence-corrected chi connectivity index (χ2v) is 8.06. The Morgan fingerprint density at radius 1 is 0.424 bits per heavy atom. The van der Waals surface area contributed by atoms with E-state index in [0.717, 1.165) is 47.8 Å². The first kappa shape index (κ1) is 27.2. The van der Waals surface area contributed by atoms with E-state index >= 15 is 0 Å². The van der Waals surface area contributed by atoms with Crippen LogP contribution in [0.3, 0.4) is 0 Å². The first-order chi connectivity index (χ1) is 14.9. The fraction of sp³-hybridized carbons (Fsp3) is 0.333. The molecule has 6 nitrogen and oxygen atoms in total. The number of hydrogen-bond donors (Lipinski definition) is 2. The third-order valence-electron chi connectivity index (χ3n) is 6.05. The van der Waals surface area contributed by atoms with Gasteiger partial charge in [-0.2, -0.15) is 0 Å². The van der Waals surface area contributed by atoms with Gasteiger partial charge in [0.2, 0.25) is 0 Å². The van der Waals surface area contributed by atoms with Gasteiger partial charge in [0.1, 0.15) is 0 Å². The summed E-state index contributed by atoms with van der Waals surface area (Å²) in [5.41, 5.74) is 9.93. The molecule has 33 heavy (non-hydrogen) atoms. The van der Waals surface area contributed by atoms with E-state index in [-0.39, 0.29) is 37.2 Å². The number of aromatic nitrogens is 4. The molecule has 2 aliphatic rings. The van der Waals surface area contributed by atoms with Gasteiger partial charge < -0.3 is 10.6 Å². The van der Waals surface area contributed by atoms with Gasteiger partial charge in [-0.1, -0.05) is 0 Å². The van der Waals surface area contributed by atoms with Crippen LogP contribution in [-0.2, 0) is 25.7 Å². The Balaban J connectivity index is 0.000000214. The predicted octanol–water partition coefficient (Wildman–Crippen LogP) is 1.85. The summed E-state index contributed by atoms with van der Waals surface area (Å²) < 4.78 is 0. The number of nitrogens with two attached hydrogens (primary N) is 2. The highest BCUT2D eigenvalue weighted by Gasteiger charge is 2.12. The fourth-order valence-electron chi connectivity index (χ4n) is 4.44. The molecule has 0 saturated carbocycles. The molecule has 0 fully saturated rings. The molecule has 0 atom stereocenters. The van der Waals surface area contributed by atoms with Crippen LogP contribution in [0.25, 0.3) is 22.1 Å². The molecule has 0 unspecified atom stereocenters. The van der Waals surface area contributed by atoms with E-state index < -0.39 is 0 Å². The van der Waals surface area contributed by atoms with Crippen molar-refractivity contribution in [3.05, 3.63) is 71.3 Å². The maximum absolute atomic E-state index is 4.35. The summed E-state index contributed by atoms with van der Waals surface area (Å²) in [7, 11) is 0. The van der Waals surface area contributed by atoms with E-state index in [1.54, 1.807) is 24.8 Å². The molecular formula is C24H31Cl3N6+2. The van der Waals surface area contributed by atoms with Crippen molar-refractivity contribution in [2.24, 2.45) is 0 Å². The molecule has 0 bridgehead atoms. The van der Waals surface area contributed by atoms with Crippen LogP contribution in [-0.4, -0.2) is 46.1 Å². The average molecular weight is 510 g/mol. The van der Waals surface area contributed by atoms with Crippen LogP contribution in [0.15, 0.2) is 49.1 Å². The van der Waals surface area contributed by atoms with E-state index in [4.69, 9.17) is 0 Å². The van der Waals surface area contributed by atoms with E-state index in [2.05, 4.69) is 54.8 Å². The number of benzene rings is 2. The second kappa shape index (κ2) is 13.0. The van der Waals surface area contributed by atoms with Crippen molar-refractivity contribution in [1.82, 2.24) is 19.9 Å².